The summed E-state index contributed by atoms with van der Waals surface area (Å²) >= 11 is 0. The summed E-state index contributed by atoms with van der Waals surface area (Å²) in [5.74, 6) is 0. The second-order valence-electron chi connectivity index (χ2n) is 26.3. The molecule has 378 valence electrons. The van der Waals surface area contributed by atoms with Crippen LogP contribution in [0.25, 0.3) is 43.8 Å². The Hall–Kier alpha value is -6.90. The summed E-state index contributed by atoms with van der Waals surface area (Å²) in [4.78, 5) is 5.02. The summed E-state index contributed by atoms with van der Waals surface area (Å²) in [6.45, 7) is 32.6. The van der Waals surface area contributed by atoms with Crippen molar-refractivity contribution in [1.82, 2.24) is 0 Å². The molecule has 2 nitrogen and oxygen atoms in total. The first kappa shape index (κ1) is 52.0. The fourth-order valence-corrected chi connectivity index (χ4v) is 11.3. The third-order valence-corrected chi connectivity index (χ3v) is 13.8. The van der Waals surface area contributed by atoms with Crippen molar-refractivity contribution in [3.8, 4) is 22.3 Å². The molecular formula is C72H80N2. The van der Waals surface area contributed by atoms with Crippen molar-refractivity contribution in [2.75, 3.05) is 9.80 Å². The van der Waals surface area contributed by atoms with Crippen LogP contribution in [0, 0.1) is 35.5 Å². The van der Waals surface area contributed by atoms with Gasteiger partial charge in [0.2, 0.25) is 0 Å². The molecule has 9 rings (SSSR count). The van der Waals surface area contributed by atoms with Crippen molar-refractivity contribution in [1.29, 1.82) is 0 Å². The van der Waals surface area contributed by atoms with Crippen LogP contribution >= 0.6 is 0 Å². The zero-order valence-corrected chi connectivity index (χ0v) is 47.0. The van der Waals surface area contributed by atoms with Gasteiger partial charge in [-0.05, 0) is 211 Å². The summed E-state index contributed by atoms with van der Waals surface area (Å²) in [5.41, 5.74) is 20.3. The van der Waals surface area contributed by atoms with Gasteiger partial charge in [0, 0.05) is 34.1 Å². The third-order valence-electron chi connectivity index (χ3n) is 13.8. The lowest BCUT2D eigenvalue weighted by atomic mass is 9.84. The maximum atomic E-state index is 2.51. The predicted molar refractivity (Wildman–Crippen MR) is 324 cm³/mol. The maximum Gasteiger partial charge on any atom is 0.0468 e. The largest absolute Gasteiger partial charge is 0.310 e. The zero-order chi connectivity index (χ0) is 52.7. The first-order chi connectivity index (χ1) is 34.9. The minimum Gasteiger partial charge on any atom is -0.310 e. The van der Waals surface area contributed by atoms with Crippen LogP contribution in [0.15, 0.2) is 182 Å². The van der Waals surface area contributed by atoms with Gasteiger partial charge in [0.25, 0.3) is 0 Å². The van der Waals surface area contributed by atoms with E-state index in [1.807, 2.05) is 0 Å². The lowest BCUT2D eigenvalue weighted by molar-refractivity contribution is 0.405. The molecule has 2 heteroatoms. The van der Waals surface area contributed by atoms with Crippen molar-refractivity contribution in [2.45, 2.75) is 123 Å². The molecule has 0 aliphatic heterocycles. The van der Waals surface area contributed by atoms with Crippen molar-refractivity contribution in [2.24, 2.45) is 21.7 Å². The molecule has 0 fully saturated rings. The minimum atomic E-state index is 0.136. The van der Waals surface area contributed by atoms with Gasteiger partial charge < -0.3 is 9.80 Å². The molecule has 0 aromatic heterocycles. The fraction of sp³-hybridized carbons (Fsp3) is 0.306. The van der Waals surface area contributed by atoms with E-state index < -0.39 is 0 Å². The number of anilines is 6. The molecule has 0 amide bonds. The first-order valence-electron chi connectivity index (χ1n) is 27.1. The van der Waals surface area contributed by atoms with Gasteiger partial charge in [-0.1, -0.05) is 192 Å². The SMILES string of the molecule is Cc1cccc(N(c2cc(CC(C)(C)C)cc(CC(C)(C)C)c2)c2ccc3c(-c4ccccc4)c4cc(N(c5cccc(C)c5)c5cc(CC(C)(C)C)cc(CC(C)(C)C)c5)ccc4c(-c4ccccc4)c3c2)c1. The highest BCUT2D eigenvalue weighted by Crippen LogP contribution is 2.49. The maximum absolute atomic E-state index is 2.51. The molecule has 0 radical (unpaired) electrons. The molecule has 9 aromatic carbocycles. The van der Waals surface area contributed by atoms with Crippen LogP contribution in [0.4, 0.5) is 34.1 Å². The second-order valence-corrected chi connectivity index (χ2v) is 26.3. The van der Waals surface area contributed by atoms with E-state index in [0.29, 0.717) is 0 Å². The molecule has 0 atom stereocenters. The van der Waals surface area contributed by atoms with Crippen LogP contribution in [0.2, 0.25) is 0 Å². The van der Waals surface area contributed by atoms with E-state index in [2.05, 4.69) is 289 Å². The highest BCUT2D eigenvalue weighted by Gasteiger charge is 2.25. The Morgan fingerprint density at radius 1 is 0.270 bits per heavy atom. The molecule has 0 N–H and O–H groups in total. The summed E-state index contributed by atoms with van der Waals surface area (Å²) in [6.07, 6.45) is 3.97. The van der Waals surface area contributed by atoms with Crippen LogP contribution in [0.1, 0.15) is 116 Å². The van der Waals surface area contributed by atoms with Crippen LogP contribution in [-0.2, 0) is 25.7 Å². The highest BCUT2D eigenvalue weighted by molar-refractivity contribution is 6.22. The number of benzene rings is 9. The van der Waals surface area contributed by atoms with Gasteiger partial charge in [-0.25, -0.2) is 0 Å². The van der Waals surface area contributed by atoms with Gasteiger partial charge in [-0.15, -0.1) is 0 Å². The summed E-state index contributed by atoms with van der Waals surface area (Å²) < 4.78 is 0. The molecular weight excluding hydrogens is 893 g/mol. The summed E-state index contributed by atoms with van der Waals surface area (Å²) in [6, 6.07) is 69.5. The smallest absolute Gasteiger partial charge is 0.0468 e. The van der Waals surface area contributed by atoms with Gasteiger partial charge >= 0.3 is 0 Å². The first-order valence-corrected chi connectivity index (χ1v) is 27.1. The quantitative estimate of drug-likeness (QED) is 0.113. The topological polar surface area (TPSA) is 6.48 Å². The predicted octanol–water partition coefficient (Wildman–Crippen LogP) is 21.2. The molecule has 0 bridgehead atoms. The Morgan fingerprint density at radius 3 is 0.878 bits per heavy atom. The molecule has 0 saturated heterocycles. The number of hydrogen-bond donors (Lipinski definition) is 0. The molecule has 0 aliphatic rings. The molecule has 0 saturated carbocycles. The zero-order valence-electron chi connectivity index (χ0n) is 47.0. The standard InChI is InChI=1S/C72H80N2/c1-49-23-21-29-57(35-49)73(61-39-51(45-69(3,4)5)37-52(40-61)46-70(6,7)8)59-31-33-63-65(43-59)67(55-25-17-15-18-26-55)64-34-32-60(44-66(64)68(63)56-27-19-16-20-28-56)74(58-30-22-24-50(2)36-58)62-41-53(47-71(9,10)11)38-54(42-62)48-72(12,13)14/h15-44H,45-48H2,1-14H3. The van der Waals surface area contributed by atoms with Gasteiger partial charge in [0.15, 0.2) is 0 Å². The van der Waals surface area contributed by atoms with Gasteiger partial charge in [0.05, 0.1) is 0 Å². The molecule has 74 heavy (non-hydrogen) atoms. The minimum absolute atomic E-state index is 0.136. The average Bonchev–Trinajstić information content (AvgIpc) is 3.29. The third kappa shape index (κ3) is 12.4. The Morgan fingerprint density at radius 2 is 0.581 bits per heavy atom. The van der Waals surface area contributed by atoms with E-state index in [9.17, 15) is 0 Å². The highest BCUT2D eigenvalue weighted by atomic mass is 15.1. The molecule has 9 aromatic rings. The number of fused-ring (bicyclic) bond motifs is 2. The monoisotopic (exact) mass is 973 g/mol. The van der Waals surface area contributed by atoms with Crippen LogP contribution in [-0.4, -0.2) is 0 Å². The van der Waals surface area contributed by atoms with Crippen LogP contribution in [0.3, 0.4) is 0 Å². The molecule has 0 heterocycles. The fourth-order valence-electron chi connectivity index (χ4n) is 11.3. The summed E-state index contributed by atoms with van der Waals surface area (Å²) in [5, 5.41) is 4.90. The Labute approximate surface area is 445 Å². The normalized spacial score (nSPS) is 12.4. The lowest BCUT2D eigenvalue weighted by Gasteiger charge is -2.30. The van der Waals surface area contributed by atoms with Crippen LogP contribution < -0.4 is 9.80 Å². The number of hydrogen-bond acceptors (Lipinski definition) is 2. The summed E-state index contributed by atoms with van der Waals surface area (Å²) in [7, 11) is 0. The average molecular weight is 973 g/mol. The van der Waals surface area contributed by atoms with Crippen molar-refractivity contribution in [3.05, 3.63) is 215 Å². The molecule has 0 spiro atoms. The van der Waals surface area contributed by atoms with Gasteiger partial charge in [-0.2, -0.15) is 0 Å². The lowest BCUT2D eigenvalue weighted by Crippen LogP contribution is -2.15. The number of nitrogens with zero attached hydrogens (tertiary/aromatic N) is 2. The molecule has 0 unspecified atom stereocenters. The molecule has 0 aliphatic carbocycles. The van der Waals surface area contributed by atoms with Gasteiger partial charge in [-0.3, -0.25) is 0 Å². The van der Waals surface area contributed by atoms with E-state index in [1.54, 1.807) is 0 Å². The van der Waals surface area contributed by atoms with E-state index in [-0.39, 0.29) is 21.7 Å². The second kappa shape index (κ2) is 20.4. The van der Waals surface area contributed by atoms with Gasteiger partial charge in [0.1, 0.15) is 0 Å². The van der Waals surface area contributed by atoms with E-state index in [4.69, 9.17) is 0 Å². The number of rotatable bonds is 12. The van der Waals surface area contributed by atoms with Crippen molar-refractivity contribution >= 4 is 55.7 Å². The Kier molecular flexibility index (Phi) is 14.4. The Balaban J connectivity index is 1.35. The Bertz CT molecular complexity index is 3140. The van der Waals surface area contributed by atoms with Crippen molar-refractivity contribution < 1.29 is 0 Å². The van der Waals surface area contributed by atoms with E-state index in [0.717, 1.165) is 48.4 Å². The number of aryl methyl sites for hydroxylation is 2. The van der Waals surface area contributed by atoms with Crippen LogP contribution in [0.5, 0.6) is 0 Å². The van der Waals surface area contributed by atoms with E-state index in [1.165, 1.54) is 88.6 Å². The van der Waals surface area contributed by atoms with E-state index >= 15 is 0 Å². The van der Waals surface area contributed by atoms with Crippen molar-refractivity contribution in [3.63, 3.8) is 0 Å².